The summed E-state index contributed by atoms with van der Waals surface area (Å²) in [6, 6.07) is 13.4. The van der Waals surface area contributed by atoms with Gasteiger partial charge in [0.1, 0.15) is 5.75 Å². The van der Waals surface area contributed by atoms with Gasteiger partial charge in [-0.15, -0.1) is 0 Å². The van der Waals surface area contributed by atoms with Gasteiger partial charge in [0, 0.05) is 5.56 Å². The van der Waals surface area contributed by atoms with Gasteiger partial charge in [0.25, 0.3) is 0 Å². The van der Waals surface area contributed by atoms with Crippen molar-refractivity contribution in [3.63, 3.8) is 0 Å². The normalized spacial score (nSPS) is 10.4. The van der Waals surface area contributed by atoms with E-state index in [1.165, 1.54) is 5.56 Å². The van der Waals surface area contributed by atoms with Crippen LogP contribution in [-0.2, 0) is 6.42 Å². The zero-order valence-corrected chi connectivity index (χ0v) is 14.9. The Kier molecular flexibility index (Phi) is 6.00. The van der Waals surface area contributed by atoms with E-state index in [0.29, 0.717) is 11.3 Å². The highest BCUT2D eigenvalue weighted by Gasteiger charge is 2.10. The van der Waals surface area contributed by atoms with E-state index in [4.69, 9.17) is 4.74 Å². The van der Waals surface area contributed by atoms with Crippen LogP contribution in [0.4, 0.5) is 0 Å². The molecule has 0 atom stereocenters. The van der Waals surface area contributed by atoms with E-state index in [-0.39, 0.29) is 12.4 Å². The van der Waals surface area contributed by atoms with Crippen molar-refractivity contribution in [1.29, 1.82) is 0 Å². The second kappa shape index (κ2) is 7.76. The summed E-state index contributed by atoms with van der Waals surface area (Å²) >= 11 is 6.83. The molecule has 0 saturated carbocycles. The molecule has 0 spiro atoms. The van der Waals surface area contributed by atoms with E-state index in [9.17, 15) is 4.79 Å². The molecule has 0 aliphatic heterocycles. The van der Waals surface area contributed by atoms with Crippen LogP contribution >= 0.6 is 31.9 Å². The number of para-hydroxylation sites is 1. The lowest BCUT2D eigenvalue weighted by molar-refractivity contribution is 0.0920. The lowest BCUT2D eigenvalue weighted by Gasteiger charge is -2.09. The lowest BCUT2D eigenvalue weighted by atomic mass is 10.1. The summed E-state index contributed by atoms with van der Waals surface area (Å²) in [5, 5.41) is 0. The first-order chi connectivity index (χ1) is 10.1. The molecule has 4 heteroatoms. The minimum Gasteiger partial charge on any atom is -0.483 e. The standard InChI is InChI=1S/C17H16Br2O2/c1-2-4-12-7-9-13(10-8-12)16(20)11-21-17-14(18)5-3-6-15(17)19/h3,5-10H,2,4,11H2,1H3. The van der Waals surface area contributed by atoms with Crippen molar-refractivity contribution in [2.75, 3.05) is 6.61 Å². The number of ether oxygens (including phenoxy) is 1. The second-order valence-electron chi connectivity index (χ2n) is 4.71. The highest BCUT2D eigenvalue weighted by atomic mass is 79.9. The molecule has 0 bridgehead atoms. The fraction of sp³-hybridized carbons (Fsp3) is 0.235. The summed E-state index contributed by atoms with van der Waals surface area (Å²) in [6.45, 7) is 2.16. The Morgan fingerprint density at radius 1 is 1.05 bits per heavy atom. The van der Waals surface area contributed by atoms with Crippen LogP contribution < -0.4 is 4.74 Å². The largest absolute Gasteiger partial charge is 0.483 e. The molecule has 0 aliphatic rings. The van der Waals surface area contributed by atoms with E-state index in [2.05, 4.69) is 38.8 Å². The van der Waals surface area contributed by atoms with Gasteiger partial charge >= 0.3 is 0 Å². The van der Waals surface area contributed by atoms with Crippen LogP contribution in [0.25, 0.3) is 0 Å². The maximum Gasteiger partial charge on any atom is 0.200 e. The van der Waals surface area contributed by atoms with Gasteiger partial charge < -0.3 is 4.74 Å². The number of rotatable bonds is 6. The minimum absolute atomic E-state index is 0.0222. The molecular formula is C17H16Br2O2. The van der Waals surface area contributed by atoms with Crippen molar-refractivity contribution in [2.24, 2.45) is 0 Å². The number of aryl methyl sites for hydroxylation is 1. The molecule has 2 aromatic carbocycles. The van der Waals surface area contributed by atoms with Crippen molar-refractivity contribution in [2.45, 2.75) is 19.8 Å². The third-order valence-electron chi connectivity index (χ3n) is 3.08. The zero-order valence-electron chi connectivity index (χ0n) is 11.7. The molecule has 0 saturated heterocycles. The Morgan fingerprint density at radius 3 is 2.24 bits per heavy atom. The number of ketones is 1. The van der Waals surface area contributed by atoms with E-state index in [1.54, 1.807) is 0 Å². The molecule has 2 rings (SSSR count). The number of halogens is 2. The molecule has 0 fully saturated rings. The molecule has 2 nitrogen and oxygen atoms in total. The van der Waals surface area contributed by atoms with Crippen molar-refractivity contribution in [3.8, 4) is 5.75 Å². The molecule has 0 heterocycles. The Labute approximate surface area is 141 Å². The summed E-state index contributed by atoms with van der Waals surface area (Å²) < 4.78 is 7.26. The van der Waals surface area contributed by atoms with E-state index in [1.807, 2.05) is 42.5 Å². The lowest BCUT2D eigenvalue weighted by Crippen LogP contribution is -2.12. The summed E-state index contributed by atoms with van der Waals surface area (Å²) in [6.07, 6.45) is 2.14. The van der Waals surface area contributed by atoms with Gasteiger partial charge in [-0.25, -0.2) is 0 Å². The van der Waals surface area contributed by atoms with Gasteiger partial charge in [0.2, 0.25) is 0 Å². The number of hydrogen-bond acceptors (Lipinski definition) is 2. The number of carbonyl (C=O) groups excluding carboxylic acids is 1. The average Bonchev–Trinajstić information content (AvgIpc) is 2.47. The van der Waals surface area contributed by atoms with E-state index in [0.717, 1.165) is 21.8 Å². The summed E-state index contributed by atoms with van der Waals surface area (Å²) in [5.41, 5.74) is 1.93. The summed E-state index contributed by atoms with van der Waals surface area (Å²) in [5.74, 6) is 0.620. The van der Waals surface area contributed by atoms with Crippen LogP contribution in [0.5, 0.6) is 5.75 Å². The van der Waals surface area contributed by atoms with Crippen LogP contribution in [0.1, 0.15) is 29.3 Å². The van der Waals surface area contributed by atoms with Crippen LogP contribution in [0.15, 0.2) is 51.4 Å². The van der Waals surface area contributed by atoms with Crippen LogP contribution in [0, 0.1) is 0 Å². The summed E-state index contributed by atoms with van der Waals surface area (Å²) in [7, 11) is 0. The SMILES string of the molecule is CCCc1ccc(C(=O)COc2c(Br)cccc2Br)cc1. The maximum atomic E-state index is 12.2. The second-order valence-corrected chi connectivity index (χ2v) is 6.42. The molecular weight excluding hydrogens is 396 g/mol. The van der Waals surface area contributed by atoms with Crippen molar-refractivity contribution in [3.05, 3.63) is 62.5 Å². The maximum absolute atomic E-state index is 12.2. The van der Waals surface area contributed by atoms with Crippen LogP contribution in [0.3, 0.4) is 0 Å². The van der Waals surface area contributed by atoms with Gasteiger partial charge in [-0.1, -0.05) is 43.7 Å². The fourth-order valence-corrected chi connectivity index (χ4v) is 3.21. The number of Topliss-reactive ketones (excluding diaryl/α,β-unsaturated/α-hetero) is 1. The van der Waals surface area contributed by atoms with Gasteiger partial charge in [-0.05, 0) is 56.0 Å². The minimum atomic E-state index is -0.0271. The number of benzene rings is 2. The molecule has 0 aromatic heterocycles. The monoisotopic (exact) mass is 410 g/mol. The summed E-state index contributed by atoms with van der Waals surface area (Å²) in [4.78, 5) is 12.2. The quantitative estimate of drug-likeness (QED) is 0.592. The Balaban J connectivity index is 2.01. The molecule has 0 amide bonds. The van der Waals surface area contributed by atoms with Crippen molar-refractivity contribution in [1.82, 2.24) is 0 Å². The number of hydrogen-bond donors (Lipinski definition) is 0. The third-order valence-corrected chi connectivity index (χ3v) is 4.33. The van der Waals surface area contributed by atoms with Crippen molar-refractivity contribution < 1.29 is 9.53 Å². The predicted octanol–water partition coefficient (Wildman–Crippen LogP) is 5.43. The van der Waals surface area contributed by atoms with Crippen LogP contribution in [0.2, 0.25) is 0 Å². The Hall–Kier alpha value is -1.13. The molecule has 110 valence electrons. The smallest absolute Gasteiger partial charge is 0.200 e. The average molecular weight is 412 g/mol. The highest BCUT2D eigenvalue weighted by Crippen LogP contribution is 2.32. The molecule has 0 aliphatic carbocycles. The topological polar surface area (TPSA) is 26.3 Å². The first kappa shape index (κ1) is 16.2. The molecule has 21 heavy (non-hydrogen) atoms. The first-order valence-corrected chi connectivity index (χ1v) is 8.39. The Bertz CT molecular complexity index is 601. The molecule has 0 radical (unpaired) electrons. The van der Waals surface area contributed by atoms with Gasteiger partial charge in [0.05, 0.1) is 8.95 Å². The van der Waals surface area contributed by atoms with E-state index < -0.39 is 0 Å². The zero-order chi connectivity index (χ0) is 15.2. The molecule has 2 aromatic rings. The van der Waals surface area contributed by atoms with Gasteiger partial charge in [0.15, 0.2) is 12.4 Å². The molecule has 0 N–H and O–H groups in total. The Morgan fingerprint density at radius 2 is 1.67 bits per heavy atom. The highest BCUT2D eigenvalue weighted by molar-refractivity contribution is 9.11. The van der Waals surface area contributed by atoms with Gasteiger partial charge in [-0.3, -0.25) is 4.79 Å². The van der Waals surface area contributed by atoms with E-state index >= 15 is 0 Å². The van der Waals surface area contributed by atoms with Gasteiger partial charge in [-0.2, -0.15) is 0 Å². The predicted molar refractivity (Wildman–Crippen MR) is 92.1 cm³/mol. The first-order valence-electron chi connectivity index (χ1n) is 6.80. The van der Waals surface area contributed by atoms with Crippen molar-refractivity contribution >= 4 is 37.6 Å². The number of carbonyl (C=O) groups is 1. The fourth-order valence-electron chi connectivity index (χ4n) is 1.99. The van der Waals surface area contributed by atoms with Crippen LogP contribution in [-0.4, -0.2) is 12.4 Å². The third kappa shape index (κ3) is 4.42. The molecule has 0 unspecified atom stereocenters.